The number of pyridine rings is 1. The molecule has 1 aliphatic rings. The van der Waals surface area contributed by atoms with Gasteiger partial charge in [-0.3, -0.25) is 9.69 Å². The van der Waals surface area contributed by atoms with Gasteiger partial charge in [-0.1, -0.05) is 0 Å². The Bertz CT molecular complexity index is 657. The highest BCUT2D eigenvalue weighted by atomic mass is 16.1. The molecule has 7 nitrogen and oxygen atoms in total. The molecule has 1 aliphatic heterocycles. The van der Waals surface area contributed by atoms with E-state index in [0.717, 1.165) is 38.2 Å². The minimum Gasteiger partial charge on any atom is -0.372 e. The molecule has 3 rings (SSSR count). The third-order valence-electron chi connectivity index (χ3n) is 4.39. The molecule has 0 radical (unpaired) electrons. The molecule has 3 N–H and O–H groups in total. The van der Waals surface area contributed by atoms with E-state index in [9.17, 15) is 4.79 Å². The van der Waals surface area contributed by atoms with Gasteiger partial charge in [0.15, 0.2) is 0 Å². The van der Waals surface area contributed by atoms with Gasteiger partial charge in [-0.25, -0.2) is 9.97 Å². The Hall–Kier alpha value is -2.41. The van der Waals surface area contributed by atoms with Crippen LogP contribution in [0.1, 0.15) is 28.9 Å². The number of imidazole rings is 1. The monoisotopic (exact) mass is 328 g/mol. The zero-order chi connectivity index (χ0) is 16.8. The first-order chi connectivity index (χ1) is 11.8. The molecule has 1 amide bonds. The summed E-state index contributed by atoms with van der Waals surface area (Å²) in [5.41, 5.74) is 1.72. The lowest BCUT2D eigenvalue weighted by Crippen LogP contribution is -2.40. The molecule has 0 aromatic carbocycles. The standard InChI is InChI=1S/C17H24N6O/c1-18-16-15(5-2-6-20-16)17(24)21-8-13-4-3-7-23(10-13)11-14-9-19-12-22-14/h2,5-6,9,12-13H,3-4,7-8,10-11H2,1H3,(H,18,20)(H,19,22)(H,21,24). The summed E-state index contributed by atoms with van der Waals surface area (Å²) in [6.07, 6.45) is 7.56. The molecule has 2 aromatic heterocycles. The van der Waals surface area contributed by atoms with Crippen LogP contribution in [0.25, 0.3) is 0 Å². The number of nitrogens with zero attached hydrogens (tertiary/aromatic N) is 3. The molecule has 7 heteroatoms. The van der Waals surface area contributed by atoms with Gasteiger partial charge in [0.2, 0.25) is 0 Å². The van der Waals surface area contributed by atoms with Gasteiger partial charge >= 0.3 is 0 Å². The predicted octanol–water partition coefficient (Wildman–Crippen LogP) is 1.49. The molecule has 128 valence electrons. The molecular weight excluding hydrogens is 304 g/mol. The Labute approximate surface area is 141 Å². The van der Waals surface area contributed by atoms with Crippen molar-refractivity contribution in [1.29, 1.82) is 0 Å². The smallest absolute Gasteiger partial charge is 0.255 e. The van der Waals surface area contributed by atoms with Crippen LogP contribution < -0.4 is 10.6 Å². The summed E-state index contributed by atoms with van der Waals surface area (Å²) < 4.78 is 0. The average molecular weight is 328 g/mol. The zero-order valence-electron chi connectivity index (χ0n) is 14.0. The Morgan fingerprint density at radius 3 is 3.21 bits per heavy atom. The van der Waals surface area contributed by atoms with Gasteiger partial charge in [-0.2, -0.15) is 0 Å². The number of rotatable bonds is 6. The van der Waals surface area contributed by atoms with Crippen molar-refractivity contribution in [2.45, 2.75) is 19.4 Å². The van der Waals surface area contributed by atoms with Crippen LogP contribution in [0, 0.1) is 5.92 Å². The SMILES string of the molecule is CNc1ncccc1C(=O)NCC1CCCN(Cc2cnc[nH]2)C1. The number of carbonyl (C=O) groups excluding carboxylic acids is 1. The lowest BCUT2D eigenvalue weighted by atomic mass is 9.97. The van der Waals surface area contributed by atoms with Crippen LogP contribution >= 0.6 is 0 Å². The Morgan fingerprint density at radius 1 is 1.50 bits per heavy atom. The maximum atomic E-state index is 12.4. The first-order valence-corrected chi connectivity index (χ1v) is 8.37. The van der Waals surface area contributed by atoms with E-state index in [1.165, 1.54) is 0 Å². The first-order valence-electron chi connectivity index (χ1n) is 8.37. The number of likely N-dealkylation sites (tertiary alicyclic amines) is 1. The number of aromatic nitrogens is 3. The fraction of sp³-hybridized carbons (Fsp3) is 0.471. The van der Waals surface area contributed by atoms with Crippen LogP contribution in [0.5, 0.6) is 0 Å². The van der Waals surface area contributed by atoms with E-state index in [-0.39, 0.29) is 5.91 Å². The Kier molecular flexibility index (Phi) is 5.43. The second-order valence-electron chi connectivity index (χ2n) is 6.18. The van der Waals surface area contributed by atoms with Crippen LogP contribution in [-0.4, -0.2) is 52.4 Å². The molecule has 0 bridgehead atoms. The lowest BCUT2D eigenvalue weighted by molar-refractivity contribution is 0.0931. The Morgan fingerprint density at radius 2 is 2.42 bits per heavy atom. The number of hydrogen-bond donors (Lipinski definition) is 3. The number of nitrogens with one attached hydrogen (secondary N) is 3. The van der Waals surface area contributed by atoms with Crippen LogP contribution in [0.3, 0.4) is 0 Å². The third-order valence-corrected chi connectivity index (χ3v) is 4.39. The molecule has 0 spiro atoms. The first kappa shape index (κ1) is 16.4. The van der Waals surface area contributed by atoms with Crippen LogP contribution in [-0.2, 0) is 6.54 Å². The van der Waals surface area contributed by atoms with E-state index < -0.39 is 0 Å². The van der Waals surface area contributed by atoms with Crippen molar-refractivity contribution in [2.75, 3.05) is 32.0 Å². The van der Waals surface area contributed by atoms with Gasteiger partial charge in [0.25, 0.3) is 5.91 Å². The van der Waals surface area contributed by atoms with Gasteiger partial charge < -0.3 is 15.6 Å². The fourth-order valence-corrected chi connectivity index (χ4v) is 3.19. The zero-order valence-corrected chi connectivity index (χ0v) is 14.0. The molecule has 1 unspecified atom stereocenters. The normalized spacial score (nSPS) is 18.3. The summed E-state index contributed by atoms with van der Waals surface area (Å²) in [6.45, 7) is 3.66. The van der Waals surface area contributed by atoms with E-state index in [4.69, 9.17) is 0 Å². The van der Waals surface area contributed by atoms with Gasteiger partial charge in [-0.15, -0.1) is 0 Å². The van der Waals surface area contributed by atoms with Crippen molar-refractivity contribution in [3.8, 4) is 0 Å². The number of amides is 1. The number of anilines is 1. The summed E-state index contributed by atoms with van der Waals surface area (Å²) in [5.74, 6) is 1.01. The summed E-state index contributed by atoms with van der Waals surface area (Å²) in [6, 6.07) is 3.57. The van der Waals surface area contributed by atoms with E-state index in [0.29, 0.717) is 23.8 Å². The van der Waals surface area contributed by atoms with E-state index >= 15 is 0 Å². The summed E-state index contributed by atoms with van der Waals surface area (Å²) in [7, 11) is 1.77. The van der Waals surface area contributed by atoms with Crippen molar-refractivity contribution < 1.29 is 4.79 Å². The third kappa shape index (κ3) is 4.11. The molecule has 0 saturated carbocycles. The second-order valence-corrected chi connectivity index (χ2v) is 6.18. The molecular formula is C17H24N6O. The highest BCUT2D eigenvalue weighted by Gasteiger charge is 2.21. The van der Waals surface area contributed by atoms with Crippen molar-refractivity contribution in [3.63, 3.8) is 0 Å². The van der Waals surface area contributed by atoms with E-state index in [2.05, 4.69) is 30.5 Å². The van der Waals surface area contributed by atoms with Crippen LogP contribution in [0.4, 0.5) is 5.82 Å². The molecule has 1 atom stereocenters. The van der Waals surface area contributed by atoms with Crippen LogP contribution in [0.2, 0.25) is 0 Å². The number of piperidine rings is 1. The molecule has 3 heterocycles. The molecule has 0 aliphatic carbocycles. The molecule has 1 fully saturated rings. The average Bonchev–Trinajstić information content (AvgIpc) is 3.13. The van der Waals surface area contributed by atoms with Crippen molar-refractivity contribution in [1.82, 2.24) is 25.2 Å². The second kappa shape index (κ2) is 7.92. The highest BCUT2D eigenvalue weighted by molar-refractivity contribution is 5.98. The fourth-order valence-electron chi connectivity index (χ4n) is 3.19. The van der Waals surface area contributed by atoms with Gasteiger partial charge in [0.05, 0.1) is 11.9 Å². The van der Waals surface area contributed by atoms with Crippen molar-refractivity contribution >= 4 is 11.7 Å². The van der Waals surface area contributed by atoms with Gasteiger partial charge in [0.1, 0.15) is 5.82 Å². The minimum atomic E-state index is -0.0712. The molecule has 24 heavy (non-hydrogen) atoms. The summed E-state index contributed by atoms with van der Waals surface area (Å²) >= 11 is 0. The number of carbonyl (C=O) groups is 1. The highest BCUT2D eigenvalue weighted by Crippen LogP contribution is 2.18. The van der Waals surface area contributed by atoms with E-state index in [1.807, 2.05) is 6.20 Å². The van der Waals surface area contributed by atoms with Crippen molar-refractivity contribution in [3.05, 3.63) is 42.1 Å². The number of H-pyrrole nitrogens is 1. The van der Waals surface area contributed by atoms with Gasteiger partial charge in [0, 0.05) is 44.8 Å². The molecule has 2 aromatic rings. The predicted molar refractivity (Wildman–Crippen MR) is 92.7 cm³/mol. The summed E-state index contributed by atoms with van der Waals surface area (Å²) in [5, 5.41) is 6.01. The largest absolute Gasteiger partial charge is 0.372 e. The topological polar surface area (TPSA) is 85.9 Å². The number of hydrogen-bond acceptors (Lipinski definition) is 5. The quantitative estimate of drug-likeness (QED) is 0.748. The Balaban J connectivity index is 1.51. The lowest BCUT2D eigenvalue weighted by Gasteiger charge is -2.32. The minimum absolute atomic E-state index is 0.0712. The van der Waals surface area contributed by atoms with E-state index in [1.54, 1.807) is 31.7 Å². The molecule has 1 saturated heterocycles. The number of aromatic amines is 1. The van der Waals surface area contributed by atoms with Crippen LogP contribution in [0.15, 0.2) is 30.9 Å². The van der Waals surface area contributed by atoms with Gasteiger partial charge in [-0.05, 0) is 37.4 Å². The maximum Gasteiger partial charge on any atom is 0.255 e. The summed E-state index contributed by atoms with van der Waals surface area (Å²) in [4.78, 5) is 26.2. The maximum absolute atomic E-state index is 12.4. The van der Waals surface area contributed by atoms with Crippen molar-refractivity contribution in [2.24, 2.45) is 5.92 Å².